The molecule has 14 nitrogen and oxygen atoms in total. The van der Waals surface area contributed by atoms with Crippen molar-refractivity contribution in [2.24, 2.45) is 0 Å². The van der Waals surface area contributed by atoms with Crippen LogP contribution in [0.2, 0.25) is 0 Å². The van der Waals surface area contributed by atoms with Crippen LogP contribution in [0, 0.1) is 0 Å². The van der Waals surface area contributed by atoms with Gasteiger partial charge in [-0.2, -0.15) is 0 Å². The Bertz CT molecular complexity index is 1230. The third-order valence-corrected chi connectivity index (χ3v) is 10.4. The van der Waals surface area contributed by atoms with Gasteiger partial charge in [0.05, 0.1) is 19.8 Å². The van der Waals surface area contributed by atoms with Crippen molar-refractivity contribution in [3.63, 3.8) is 0 Å². The number of carbonyl (C=O) groups is 3. The Hall–Kier alpha value is -1.99. The summed E-state index contributed by atoms with van der Waals surface area (Å²) in [6.45, 7) is 1.56. The first kappa shape index (κ1) is 56.0. The van der Waals surface area contributed by atoms with Gasteiger partial charge in [-0.15, -0.1) is 0 Å². The number of aliphatic hydroxyl groups excluding tert-OH is 1. The van der Waals surface area contributed by atoms with Gasteiger partial charge in [0.1, 0.15) is 12.7 Å². The van der Waals surface area contributed by atoms with E-state index in [1.54, 1.807) is 12.2 Å². The standard InChI is InChI=1S/C42H76O14P2/c1-3-5-7-9-11-12-13-14-15-16-17-18-20-24-28-32-41(45)52-36-40(37-55-58(50,51)54-35-39(44)34-53-57(47,48)49)56-42(46)33-29-25-21-23-27-31-38(43)30-26-22-19-10-8-6-4-2/h12-13,19,22,26,30,39-40,44H,3-11,14-18,20-21,23-25,27-29,31-37H2,1-2H3,(H,50,51)(H2,47,48,49)/b13-12-,22-19-,30-26+/t39-,40+/m0/s1. The van der Waals surface area contributed by atoms with Crippen molar-refractivity contribution in [1.82, 2.24) is 0 Å². The molecule has 338 valence electrons. The summed E-state index contributed by atoms with van der Waals surface area (Å²) in [5, 5.41) is 9.73. The van der Waals surface area contributed by atoms with Gasteiger partial charge in [-0.3, -0.25) is 28.0 Å². The largest absolute Gasteiger partial charge is 0.472 e. The van der Waals surface area contributed by atoms with Crippen LogP contribution in [0.25, 0.3) is 0 Å². The number of rotatable bonds is 41. The molecule has 0 saturated heterocycles. The fraction of sp³-hybridized carbons (Fsp3) is 0.786. The molecule has 0 aromatic rings. The average molecular weight is 867 g/mol. The number of phosphoric ester groups is 2. The van der Waals surface area contributed by atoms with Crippen molar-refractivity contribution >= 4 is 33.4 Å². The van der Waals surface area contributed by atoms with Gasteiger partial charge >= 0.3 is 27.6 Å². The van der Waals surface area contributed by atoms with Gasteiger partial charge < -0.3 is 29.3 Å². The highest BCUT2D eigenvalue weighted by Crippen LogP contribution is 2.43. The molecule has 16 heteroatoms. The van der Waals surface area contributed by atoms with Crippen LogP contribution in [-0.2, 0) is 46.6 Å². The van der Waals surface area contributed by atoms with Gasteiger partial charge in [0.25, 0.3) is 0 Å². The topological polar surface area (TPSA) is 212 Å². The Morgan fingerprint density at radius 2 is 1.00 bits per heavy atom. The lowest BCUT2D eigenvalue weighted by Gasteiger charge is -2.20. The van der Waals surface area contributed by atoms with Crippen LogP contribution in [0.5, 0.6) is 0 Å². The summed E-state index contributed by atoms with van der Waals surface area (Å²) in [6, 6.07) is 0. The lowest BCUT2D eigenvalue weighted by Crippen LogP contribution is -2.30. The normalized spacial score (nSPS) is 14.3. The number of unbranched alkanes of at least 4 members (excludes halogenated alkanes) is 18. The van der Waals surface area contributed by atoms with Crippen molar-refractivity contribution in [2.75, 3.05) is 26.4 Å². The number of phosphoric acid groups is 2. The highest BCUT2D eigenvalue weighted by molar-refractivity contribution is 7.47. The minimum absolute atomic E-state index is 0.0472. The van der Waals surface area contributed by atoms with Gasteiger partial charge in [-0.1, -0.05) is 128 Å². The van der Waals surface area contributed by atoms with E-state index >= 15 is 0 Å². The monoisotopic (exact) mass is 866 g/mol. The molecule has 0 amide bonds. The molecule has 0 bridgehead atoms. The molecule has 0 aromatic heterocycles. The Kier molecular flexibility index (Phi) is 36.7. The number of aliphatic hydroxyl groups is 1. The van der Waals surface area contributed by atoms with Crippen LogP contribution in [0.3, 0.4) is 0 Å². The maximum Gasteiger partial charge on any atom is 0.472 e. The summed E-state index contributed by atoms with van der Waals surface area (Å²) >= 11 is 0. The van der Waals surface area contributed by atoms with Crippen molar-refractivity contribution in [3.05, 3.63) is 36.5 Å². The Morgan fingerprint density at radius 3 is 1.60 bits per heavy atom. The number of esters is 2. The second-order valence-corrected chi connectivity index (χ2v) is 17.3. The number of allylic oxidation sites excluding steroid dienone is 6. The smallest absolute Gasteiger partial charge is 0.462 e. The van der Waals surface area contributed by atoms with Gasteiger partial charge in [0.2, 0.25) is 0 Å². The second kappa shape index (κ2) is 38.0. The van der Waals surface area contributed by atoms with E-state index in [2.05, 4.69) is 41.1 Å². The Balaban J connectivity index is 4.61. The molecular weight excluding hydrogens is 790 g/mol. The summed E-state index contributed by atoms with van der Waals surface area (Å²) in [6.07, 6.45) is 32.4. The minimum atomic E-state index is -4.88. The molecule has 0 radical (unpaired) electrons. The van der Waals surface area contributed by atoms with Crippen LogP contribution in [0.15, 0.2) is 36.5 Å². The molecule has 0 heterocycles. The van der Waals surface area contributed by atoms with E-state index in [-0.39, 0.29) is 18.6 Å². The molecule has 3 atom stereocenters. The maximum atomic E-state index is 12.6. The molecule has 58 heavy (non-hydrogen) atoms. The van der Waals surface area contributed by atoms with Gasteiger partial charge in [-0.05, 0) is 63.9 Å². The first-order valence-electron chi connectivity index (χ1n) is 21.6. The van der Waals surface area contributed by atoms with Crippen LogP contribution >= 0.6 is 15.6 Å². The van der Waals surface area contributed by atoms with E-state index in [0.29, 0.717) is 19.3 Å². The SMILES string of the molecule is CCCCC/C=C\C=C\C(=O)CCCCCCCC(=O)O[C@H](COC(=O)CCCCCCCCC/C=C\CCCCCC)COP(=O)(O)OC[C@@H](O)COP(=O)(O)O. The zero-order valence-corrected chi connectivity index (χ0v) is 37.2. The molecule has 4 N–H and O–H groups in total. The number of hydrogen-bond donors (Lipinski definition) is 4. The molecular formula is C42H76O14P2. The first-order valence-corrected chi connectivity index (χ1v) is 24.7. The number of ketones is 1. The number of carbonyl (C=O) groups excluding carboxylic acids is 3. The zero-order chi connectivity index (χ0) is 43.2. The predicted molar refractivity (Wildman–Crippen MR) is 226 cm³/mol. The van der Waals surface area contributed by atoms with Crippen molar-refractivity contribution in [3.8, 4) is 0 Å². The molecule has 0 rings (SSSR count). The number of hydrogen-bond acceptors (Lipinski definition) is 11. The van der Waals surface area contributed by atoms with Crippen molar-refractivity contribution in [1.29, 1.82) is 0 Å². The molecule has 0 saturated carbocycles. The van der Waals surface area contributed by atoms with Gasteiger partial charge in [-0.25, -0.2) is 9.13 Å². The number of ether oxygens (including phenoxy) is 2. The fourth-order valence-electron chi connectivity index (χ4n) is 5.62. The fourth-order valence-corrected chi connectivity index (χ4v) is 6.77. The van der Waals surface area contributed by atoms with E-state index in [1.165, 1.54) is 57.8 Å². The summed E-state index contributed by atoms with van der Waals surface area (Å²) in [7, 11) is -9.71. The minimum Gasteiger partial charge on any atom is -0.462 e. The van der Waals surface area contributed by atoms with E-state index in [9.17, 15) is 33.5 Å². The lowest BCUT2D eigenvalue weighted by atomic mass is 10.1. The Morgan fingerprint density at radius 1 is 0.534 bits per heavy atom. The average Bonchev–Trinajstić information content (AvgIpc) is 3.17. The molecule has 0 aliphatic carbocycles. The molecule has 0 spiro atoms. The van der Waals surface area contributed by atoms with Gasteiger partial charge in [0, 0.05) is 19.3 Å². The summed E-state index contributed by atoms with van der Waals surface area (Å²) in [5.41, 5.74) is 0. The van der Waals surface area contributed by atoms with Gasteiger partial charge in [0.15, 0.2) is 11.9 Å². The van der Waals surface area contributed by atoms with E-state index in [1.807, 2.05) is 6.08 Å². The third-order valence-electron chi connectivity index (χ3n) is 8.97. The lowest BCUT2D eigenvalue weighted by molar-refractivity contribution is -0.161. The highest BCUT2D eigenvalue weighted by Gasteiger charge is 2.28. The van der Waals surface area contributed by atoms with E-state index in [4.69, 9.17) is 23.8 Å². The Labute approximate surface area is 348 Å². The van der Waals surface area contributed by atoms with Crippen LogP contribution in [0.1, 0.15) is 174 Å². The summed E-state index contributed by atoms with van der Waals surface area (Å²) in [4.78, 5) is 64.7. The quantitative estimate of drug-likeness (QED) is 0.0112. The van der Waals surface area contributed by atoms with Crippen LogP contribution < -0.4 is 0 Å². The maximum absolute atomic E-state index is 12.6. The predicted octanol–water partition coefficient (Wildman–Crippen LogP) is 10.1. The van der Waals surface area contributed by atoms with Crippen LogP contribution in [0.4, 0.5) is 0 Å². The van der Waals surface area contributed by atoms with E-state index in [0.717, 1.165) is 70.6 Å². The second-order valence-electron chi connectivity index (χ2n) is 14.6. The molecule has 0 aliphatic heterocycles. The summed E-state index contributed by atoms with van der Waals surface area (Å²) in [5.74, 6) is -1.05. The molecule has 0 aromatic carbocycles. The van der Waals surface area contributed by atoms with Crippen molar-refractivity contribution in [2.45, 2.75) is 187 Å². The molecule has 0 aliphatic rings. The zero-order valence-electron chi connectivity index (χ0n) is 35.4. The highest BCUT2D eigenvalue weighted by atomic mass is 31.2. The third kappa shape index (κ3) is 40.8. The van der Waals surface area contributed by atoms with E-state index < -0.39 is 66.2 Å². The summed E-state index contributed by atoms with van der Waals surface area (Å²) < 4.78 is 47.6. The first-order chi connectivity index (χ1) is 27.8. The molecule has 1 unspecified atom stereocenters. The van der Waals surface area contributed by atoms with Crippen LogP contribution in [-0.4, -0.2) is 76.1 Å². The molecule has 0 fully saturated rings. The van der Waals surface area contributed by atoms with Crippen molar-refractivity contribution < 1.29 is 66.3 Å².